The smallest absolute Gasteiger partial charge is 0.252 e. The predicted octanol–water partition coefficient (Wildman–Crippen LogP) is 2.49. The van der Waals surface area contributed by atoms with E-state index in [0.717, 1.165) is 17.7 Å². The molecule has 0 aliphatic rings. The lowest BCUT2D eigenvalue weighted by atomic mass is 10.1. The van der Waals surface area contributed by atoms with Crippen molar-refractivity contribution in [3.8, 4) is 5.75 Å². The average Bonchev–Trinajstić information content (AvgIpc) is 2.70. The van der Waals surface area contributed by atoms with Gasteiger partial charge in [-0.1, -0.05) is 41.9 Å². The maximum atomic E-state index is 12.1. The summed E-state index contributed by atoms with van der Waals surface area (Å²) in [6, 6.07) is 14.9. The van der Waals surface area contributed by atoms with Crippen LogP contribution in [0.3, 0.4) is 0 Å². The molecule has 144 valence electrons. The molecule has 2 aromatic carbocycles. The van der Waals surface area contributed by atoms with Gasteiger partial charge in [0.25, 0.3) is 5.91 Å². The van der Waals surface area contributed by atoms with E-state index in [1.165, 1.54) is 0 Å². The molecule has 0 fully saturated rings. The first-order chi connectivity index (χ1) is 13.2. The number of nitrogens with one attached hydrogen (secondary N) is 3. The fourth-order valence-electron chi connectivity index (χ4n) is 2.54. The lowest BCUT2D eigenvalue weighted by Gasteiger charge is -2.13. The molecule has 0 heterocycles. The van der Waals surface area contributed by atoms with Crippen molar-refractivity contribution >= 4 is 23.5 Å². The molecule has 0 saturated carbocycles. The quantitative estimate of drug-likeness (QED) is 0.369. The molecule has 7 heteroatoms. The minimum absolute atomic E-state index is 0.193. The third-order valence-corrected chi connectivity index (χ3v) is 4.25. The van der Waals surface area contributed by atoms with Crippen LogP contribution in [0.5, 0.6) is 5.75 Å². The van der Waals surface area contributed by atoms with E-state index < -0.39 is 0 Å². The molecule has 0 saturated heterocycles. The van der Waals surface area contributed by atoms with Crippen molar-refractivity contribution in [2.45, 2.75) is 6.42 Å². The zero-order valence-corrected chi connectivity index (χ0v) is 16.3. The zero-order chi connectivity index (χ0) is 19.5. The van der Waals surface area contributed by atoms with Crippen LogP contribution in [0.15, 0.2) is 53.5 Å². The standard InChI is InChI=1S/C20H25ClN4O2/c1-22-20(24-12-11-15-7-3-6-10-18(15)27-2)25-14-13-23-19(26)16-8-4-5-9-17(16)21/h3-10H,11-14H2,1-2H3,(H,23,26)(H2,22,24,25). The molecule has 2 aromatic rings. The van der Waals surface area contributed by atoms with Crippen molar-refractivity contribution in [3.63, 3.8) is 0 Å². The van der Waals surface area contributed by atoms with Crippen molar-refractivity contribution in [2.75, 3.05) is 33.8 Å². The summed E-state index contributed by atoms with van der Waals surface area (Å²) in [6.07, 6.45) is 0.813. The largest absolute Gasteiger partial charge is 0.496 e. The van der Waals surface area contributed by atoms with Crippen molar-refractivity contribution in [1.82, 2.24) is 16.0 Å². The molecule has 2 rings (SSSR count). The van der Waals surface area contributed by atoms with Gasteiger partial charge >= 0.3 is 0 Å². The summed E-state index contributed by atoms with van der Waals surface area (Å²) < 4.78 is 5.35. The van der Waals surface area contributed by atoms with Gasteiger partial charge in [-0.05, 0) is 30.2 Å². The van der Waals surface area contributed by atoms with Gasteiger partial charge in [0.1, 0.15) is 5.75 Å². The number of hydrogen-bond acceptors (Lipinski definition) is 3. The second kappa shape index (κ2) is 11.1. The van der Waals surface area contributed by atoms with Crippen LogP contribution in [0, 0.1) is 0 Å². The fourth-order valence-corrected chi connectivity index (χ4v) is 2.76. The summed E-state index contributed by atoms with van der Waals surface area (Å²) in [5.74, 6) is 1.36. The Labute approximate surface area is 165 Å². The highest BCUT2D eigenvalue weighted by atomic mass is 35.5. The Morgan fingerprint density at radius 3 is 2.41 bits per heavy atom. The third-order valence-electron chi connectivity index (χ3n) is 3.92. The molecule has 6 nitrogen and oxygen atoms in total. The van der Waals surface area contributed by atoms with Gasteiger partial charge < -0.3 is 20.7 Å². The van der Waals surface area contributed by atoms with E-state index in [1.807, 2.05) is 24.3 Å². The van der Waals surface area contributed by atoms with Crippen LogP contribution in [0.2, 0.25) is 5.02 Å². The van der Waals surface area contributed by atoms with Gasteiger partial charge in [-0.2, -0.15) is 0 Å². The second-order valence-electron chi connectivity index (χ2n) is 5.72. The number of amides is 1. The number of aliphatic imine (C=N–C) groups is 1. The van der Waals surface area contributed by atoms with E-state index in [1.54, 1.807) is 38.4 Å². The SMILES string of the molecule is CN=C(NCCNC(=O)c1ccccc1Cl)NCCc1ccccc1OC. The molecular weight excluding hydrogens is 364 g/mol. The number of carbonyl (C=O) groups is 1. The third kappa shape index (κ3) is 6.49. The molecule has 27 heavy (non-hydrogen) atoms. The number of nitrogens with zero attached hydrogens (tertiary/aromatic N) is 1. The summed E-state index contributed by atoms with van der Waals surface area (Å²) in [6.45, 7) is 1.72. The molecule has 0 aliphatic carbocycles. The van der Waals surface area contributed by atoms with Gasteiger partial charge in [0.15, 0.2) is 5.96 Å². The van der Waals surface area contributed by atoms with Crippen LogP contribution in [0.4, 0.5) is 0 Å². The van der Waals surface area contributed by atoms with Crippen LogP contribution in [0.25, 0.3) is 0 Å². The summed E-state index contributed by atoms with van der Waals surface area (Å²) >= 11 is 6.02. The van der Waals surface area contributed by atoms with Gasteiger partial charge in [-0.3, -0.25) is 9.79 Å². The van der Waals surface area contributed by atoms with Gasteiger partial charge in [0, 0.05) is 26.7 Å². The molecule has 3 N–H and O–H groups in total. The Bertz CT molecular complexity index is 780. The van der Waals surface area contributed by atoms with Crippen molar-refractivity contribution in [3.05, 3.63) is 64.7 Å². The van der Waals surface area contributed by atoms with Crippen molar-refractivity contribution < 1.29 is 9.53 Å². The lowest BCUT2D eigenvalue weighted by Crippen LogP contribution is -2.42. The highest BCUT2D eigenvalue weighted by Gasteiger charge is 2.08. The Morgan fingerprint density at radius 1 is 1.00 bits per heavy atom. The summed E-state index contributed by atoms with van der Waals surface area (Å²) in [7, 11) is 3.38. The van der Waals surface area contributed by atoms with Crippen LogP contribution >= 0.6 is 11.6 Å². The van der Waals surface area contributed by atoms with Crippen molar-refractivity contribution in [1.29, 1.82) is 0 Å². The van der Waals surface area contributed by atoms with E-state index >= 15 is 0 Å². The number of rotatable bonds is 8. The molecule has 0 unspecified atom stereocenters. The van der Waals surface area contributed by atoms with Gasteiger partial charge in [-0.25, -0.2) is 0 Å². The van der Waals surface area contributed by atoms with E-state index in [2.05, 4.69) is 20.9 Å². The van der Waals surface area contributed by atoms with Crippen LogP contribution in [-0.2, 0) is 6.42 Å². The minimum Gasteiger partial charge on any atom is -0.496 e. The number of methoxy groups -OCH3 is 1. The van der Waals surface area contributed by atoms with Gasteiger partial charge in [0.05, 0.1) is 17.7 Å². The topological polar surface area (TPSA) is 74.8 Å². The first-order valence-electron chi connectivity index (χ1n) is 8.75. The monoisotopic (exact) mass is 388 g/mol. The number of para-hydroxylation sites is 1. The Hall–Kier alpha value is -2.73. The maximum Gasteiger partial charge on any atom is 0.252 e. The summed E-state index contributed by atoms with van der Waals surface area (Å²) in [5.41, 5.74) is 1.61. The molecule has 1 amide bonds. The molecule has 0 aliphatic heterocycles. The Kier molecular flexibility index (Phi) is 8.45. The Morgan fingerprint density at radius 2 is 1.67 bits per heavy atom. The summed E-state index contributed by atoms with van der Waals surface area (Å²) in [4.78, 5) is 16.3. The number of halogens is 1. The molecule has 0 spiro atoms. The minimum atomic E-state index is -0.193. The van der Waals surface area contributed by atoms with Crippen LogP contribution in [0.1, 0.15) is 15.9 Å². The number of ether oxygens (including phenoxy) is 1. The highest BCUT2D eigenvalue weighted by Crippen LogP contribution is 2.17. The molecule has 0 atom stereocenters. The fraction of sp³-hybridized carbons (Fsp3) is 0.300. The van der Waals surface area contributed by atoms with Gasteiger partial charge in [0.2, 0.25) is 0 Å². The van der Waals surface area contributed by atoms with Crippen LogP contribution < -0.4 is 20.7 Å². The van der Waals surface area contributed by atoms with E-state index in [-0.39, 0.29) is 5.91 Å². The first kappa shape index (κ1) is 20.6. The lowest BCUT2D eigenvalue weighted by molar-refractivity contribution is 0.0954. The normalized spacial score (nSPS) is 11.0. The van der Waals surface area contributed by atoms with E-state index in [4.69, 9.17) is 16.3 Å². The van der Waals surface area contributed by atoms with E-state index in [0.29, 0.717) is 36.2 Å². The average molecular weight is 389 g/mol. The summed E-state index contributed by atoms with van der Waals surface area (Å²) in [5, 5.41) is 9.69. The predicted molar refractivity (Wildman–Crippen MR) is 110 cm³/mol. The van der Waals surface area contributed by atoms with E-state index in [9.17, 15) is 4.79 Å². The number of hydrogen-bond donors (Lipinski definition) is 3. The van der Waals surface area contributed by atoms with Crippen LogP contribution in [-0.4, -0.2) is 45.7 Å². The maximum absolute atomic E-state index is 12.1. The number of carbonyl (C=O) groups excluding carboxylic acids is 1. The van der Waals surface area contributed by atoms with Crippen molar-refractivity contribution in [2.24, 2.45) is 4.99 Å². The first-order valence-corrected chi connectivity index (χ1v) is 9.12. The molecule has 0 aromatic heterocycles. The number of guanidine groups is 1. The second-order valence-corrected chi connectivity index (χ2v) is 6.13. The van der Waals surface area contributed by atoms with Gasteiger partial charge in [-0.15, -0.1) is 0 Å². The number of benzene rings is 2. The zero-order valence-electron chi connectivity index (χ0n) is 15.6. The molecular formula is C20H25ClN4O2. The Balaban J connectivity index is 1.70. The molecule has 0 bridgehead atoms. The molecule has 0 radical (unpaired) electrons. The highest BCUT2D eigenvalue weighted by molar-refractivity contribution is 6.33.